The van der Waals surface area contributed by atoms with Crippen LogP contribution < -0.4 is 0 Å². The lowest BCUT2D eigenvalue weighted by Gasteiger charge is -2.05. The third-order valence-electron chi connectivity index (χ3n) is 1.70. The predicted molar refractivity (Wildman–Crippen MR) is 55.8 cm³/mol. The van der Waals surface area contributed by atoms with Crippen LogP contribution in [0.3, 0.4) is 0 Å². The Bertz CT molecular complexity index is 336. The topological polar surface area (TPSA) is 46.5 Å². The molecule has 1 rings (SSSR count). The van der Waals surface area contributed by atoms with Gasteiger partial charge in [-0.3, -0.25) is 0 Å². The van der Waals surface area contributed by atoms with Crippen molar-refractivity contribution in [2.45, 2.75) is 11.8 Å². The normalized spacial score (nSPS) is 9.86. The van der Waals surface area contributed by atoms with Gasteiger partial charge in [0.05, 0.1) is 6.61 Å². The van der Waals surface area contributed by atoms with E-state index >= 15 is 0 Å². The quantitative estimate of drug-likeness (QED) is 0.617. The maximum Gasteiger partial charge on any atom is 0.341 e. The fourth-order valence-electron chi connectivity index (χ4n) is 1.01. The fraction of sp³-hybridized carbons (Fsp3) is 0.300. The molecule has 0 aromatic heterocycles. The van der Waals surface area contributed by atoms with Crippen LogP contribution in [0.2, 0.25) is 0 Å². The third-order valence-corrected chi connectivity index (χ3v) is 2.42. The number of hydrogen-bond donors (Lipinski definition) is 1. The highest BCUT2D eigenvalue weighted by atomic mass is 32.2. The SMILES string of the molecule is CCOC(=O)c1cc(SC)ccc1O. The van der Waals surface area contributed by atoms with Crippen molar-refractivity contribution >= 4 is 17.7 Å². The maximum atomic E-state index is 11.3. The van der Waals surface area contributed by atoms with Gasteiger partial charge < -0.3 is 9.84 Å². The summed E-state index contributed by atoms with van der Waals surface area (Å²) in [6.45, 7) is 2.04. The van der Waals surface area contributed by atoms with Crippen LogP contribution in [0.15, 0.2) is 23.1 Å². The monoisotopic (exact) mass is 212 g/mol. The molecule has 1 aromatic carbocycles. The first-order valence-electron chi connectivity index (χ1n) is 4.23. The van der Waals surface area contributed by atoms with E-state index in [1.165, 1.54) is 17.8 Å². The van der Waals surface area contributed by atoms with E-state index in [0.717, 1.165) is 4.90 Å². The number of phenolic OH excluding ortho intramolecular Hbond substituents is 1. The number of thioether (sulfide) groups is 1. The summed E-state index contributed by atoms with van der Waals surface area (Å²) in [5.74, 6) is -0.526. The van der Waals surface area contributed by atoms with Crippen molar-refractivity contribution in [3.05, 3.63) is 23.8 Å². The molecule has 0 saturated heterocycles. The van der Waals surface area contributed by atoms with E-state index in [1.807, 2.05) is 6.26 Å². The van der Waals surface area contributed by atoms with E-state index in [0.29, 0.717) is 6.61 Å². The minimum absolute atomic E-state index is 0.0405. The van der Waals surface area contributed by atoms with Gasteiger partial charge >= 0.3 is 5.97 Å². The molecule has 0 heterocycles. The number of ether oxygens (including phenoxy) is 1. The van der Waals surface area contributed by atoms with Gasteiger partial charge in [-0.1, -0.05) is 0 Å². The van der Waals surface area contributed by atoms with Crippen LogP contribution in [0.25, 0.3) is 0 Å². The summed E-state index contributed by atoms with van der Waals surface area (Å²) < 4.78 is 4.80. The van der Waals surface area contributed by atoms with Crippen LogP contribution in [-0.4, -0.2) is 23.9 Å². The number of aromatic hydroxyl groups is 1. The lowest BCUT2D eigenvalue weighted by atomic mass is 10.2. The molecule has 1 N–H and O–H groups in total. The highest BCUT2D eigenvalue weighted by Gasteiger charge is 2.12. The Morgan fingerprint density at radius 1 is 1.57 bits per heavy atom. The summed E-state index contributed by atoms with van der Waals surface area (Å²) in [6, 6.07) is 4.87. The molecule has 0 fully saturated rings. The molecule has 0 spiro atoms. The first kappa shape index (κ1) is 10.9. The van der Waals surface area contributed by atoms with Gasteiger partial charge in [-0.25, -0.2) is 4.79 Å². The number of hydrogen-bond acceptors (Lipinski definition) is 4. The Labute approximate surface area is 87.1 Å². The molecular weight excluding hydrogens is 200 g/mol. The first-order valence-corrected chi connectivity index (χ1v) is 5.45. The van der Waals surface area contributed by atoms with E-state index in [4.69, 9.17) is 4.74 Å². The Kier molecular flexibility index (Phi) is 3.83. The zero-order valence-electron chi connectivity index (χ0n) is 8.11. The van der Waals surface area contributed by atoms with E-state index in [1.54, 1.807) is 19.1 Å². The summed E-state index contributed by atoms with van der Waals surface area (Å²) in [7, 11) is 0. The van der Waals surface area contributed by atoms with Gasteiger partial charge in [-0.2, -0.15) is 0 Å². The molecule has 0 saturated carbocycles. The molecule has 0 amide bonds. The number of benzene rings is 1. The molecule has 0 unspecified atom stereocenters. The van der Waals surface area contributed by atoms with Crippen molar-refractivity contribution in [1.29, 1.82) is 0 Å². The minimum atomic E-state index is -0.485. The Morgan fingerprint density at radius 3 is 2.86 bits per heavy atom. The van der Waals surface area contributed by atoms with E-state index in [-0.39, 0.29) is 11.3 Å². The van der Waals surface area contributed by atoms with Crippen molar-refractivity contribution in [2.75, 3.05) is 12.9 Å². The molecule has 0 atom stereocenters. The highest BCUT2D eigenvalue weighted by molar-refractivity contribution is 7.98. The lowest BCUT2D eigenvalue weighted by molar-refractivity contribution is 0.0523. The van der Waals surface area contributed by atoms with Crippen molar-refractivity contribution < 1.29 is 14.6 Å². The second-order valence-electron chi connectivity index (χ2n) is 2.60. The number of rotatable bonds is 3. The summed E-state index contributed by atoms with van der Waals surface area (Å²) >= 11 is 1.51. The number of carbonyl (C=O) groups excluding carboxylic acids is 1. The minimum Gasteiger partial charge on any atom is -0.507 e. The maximum absolute atomic E-state index is 11.3. The number of carbonyl (C=O) groups is 1. The van der Waals surface area contributed by atoms with Gasteiger partial charge in [-0.15, -0.1) is 11.8 Å². The fourth-order valence-corrected chi connectivity index (χ4v) is 1.45. The van der Waals surface area contributed by atoms with Crippen LogP contribution >= 0.6 is 11.8 Å². The van der Waals surface area contributed by atoms with Crippen LogP contribution in [0.4, 0.5) is 0 Å². The average molecular weight is 212 g/mol. The second-order valence-corrected chi connectivity index (χ2v) is 3.48. The zero-order chi connectivity index (χ0) is 10.6. The Hall–Kier alpha value is -1.16. The molecule has 0 radical (unpaired) electrons. The predicted octanol–water partition coefficient (Wildman–Crippen LogP) is 2.29. The highest BCUT2D eigenvalue weighted by Crippen LogP contribution is 2.24. The molecule has 1 aromatic rings. The van der Waals surface area contributed by atoms with Crippen molar-refractivity contribution in [2.24, 2.45) is 0 Å². The molecule has 0 bridgehead atoms. The summed E-state index contributed by atoms with van der Waals surface area (Å²) in [5.41, 5.74) is 0.221. The Morgan fingerprint density at radius 2 is 2.29 bits per heavy atom. The van der Waals surface area contributed by atoms with E-state index in [2.05, 4.69) is 0 Å². The average Bonchev–Trinajstić information content (AvgIpc) is 2.19. The van der Waals surface area contributed by atoms with Gasteiger partial charge in [0.15, 0.2) is 0 Å². The molecule has 14 heavy (non-hydrogen) atoms. The smallest absolute Gasteiger partial charge is 0.341 e. The van der Waals surface area contributed by atoms with Crippen molar-refractivity contribution in [3.8, 4) is 5.75 Å². The van der Waals surface area contributed by atoms with E-state index < -0.39 is 5.97 Å². The standard InChI is InChI=1S/C10H12O3S/c1-3-13-10(12)8-6-7(14-2)4-5-9(8)11/h4-6,11H,3H2,1-2H3. The van der Waals surface area contributed by atoms with Crippen molar-refractivity contribution in [3.63, 3.8) is 0 Å². The van der Waals surface area contributed by atoms with Gasteiger partial charge in [0, 0.05) is 4.90 Å². The molecule has 3 nitrogen and oxygen atoms in total. The number of esters is 1. The van der Waals surface area contributed by atoms with Gasteiger partial charge in [0.2, 0.25) is 0 Å². The van der Waals surface area contributed by atoms with Crippen molar-refractivity contribution in [1.82, 2.24) is 0 Å². The molecule has 0 aliphatic rings. The van der Waals surface area contributed by atoms with Crippen LogP contribution in [0, 0.1) is 0 Å². The first-order chi connectivity index (χ1) is 6.69. The molecule has 0 aliphatic carbocycles. The van der Waals surface area contributed by atoms with Crippen LogP contribution in [0.5, 0.6) is 5.75 Å². The summed E-state index contributed by atoms with van der Waals surface area (Å²) in [6.07, 6.45) is 1.90. The molecule has 76 valence electrons. The third kappa shape index (κ3) is 2.42. The summed E-state index contributed by atoms with van der Waals surface area (Å²) in [5, 5.41) is 9.42. The molecular formula is C10H12O3S. The lowest BCUT2D eigenvalue weighted by Crippen LogP contribution is -2.04. The number of phenols is 1. The largest absolute Gasteiger partial charge is 0.507 e. The molecule has 0 aliphatic heterocycles. The second kappa shape index (κ2) is 4.91. The zero-order valence-corrected chi connectivity index (χ0v) is 8.93. The van der Waals surface area contributed by atoms with Crippen LogP contribution in [-0.2, 0) is 4.74 Å². The van der Waals surface area contributed by atoms with Gasteiger partial charge in [0.1, 0.15) is 11.3 Å². The summed E-state index contributed by atoms with van der Waals surface area (Å²) in [4.78, 5) is 12.3. The molecule has 4 heteroatoms. The Balaban J connectivity index is 2.99. The van der Waals surface area contributed by atoms with Gasteiger partial charge in [-0.05, 0) is 31.4 Å². The van der Waals surface area contributed by atoms with E-state index in [9.17, 15) is 9.90 Å². The van der Waals surface area contributed by atoms with Gasteiger partial charge in [0.25, 0.3) is 0 Å². The van der Waals surface area contributed by atoms with Crippen LogP contribution in [0.1, 0.15) is 17.3 Å².